The van der Waals surface area contributed by atoms with Crippen molar-refractivity contribution in [2.75, 3.05) is 18.0 Å². The maximum atomic E-state index is 13.1. The number of carbonyl (C=O) groups is 3. The normalized spacial score (nSPS) is 22.9. The number of alkyl halides is 3. The van der Waals surface area contributed by atoms with Crippen LogP contribution < -0.4 is 4.90 Å². The Morgan fingerprint density at radius 3 is 2.17 bits per heavy atom. The van der Waals surface area contributed by atoms with Gasteiger partial charge in [-0.1, -0.05) is 32.9 Å². The number of hydrogen-bond donors (Lipinski definition) is 0. The number of benzene rings is 1. The van der Waals surface area contributed by atoms with Gasteiger partial charge in [-0.3, -0.25) is 19.3 Å². The van der Waals surface area contributed by atoms with Crippen LogP contribution in [0.2, 0.25) is 0 Å². The molecule has 1 aromatic carbocycles. The number of piperidine rings is 1. The van der Waals surface area contributed by atoms with Crippen LogP contribution in [0.5, 0.6) is 0 Å². The number of carbonyl (C=O) groups excluding carboxylic acids is 3. The van der Waals surface area contributed by atoms with Crippen molar-refractivity contribution in [3.05, 3.63) is 29.8 Å². The molecule has 8 heteroatoms. The first kappa shape index (κ1) is 22.3. The average Bonchev–Trinajstić information content (AvgIpc) is 2.89. The van der Waals surface area contributed by atoms with Gasteiger partial charge in [-0.2, -0.15) is 13.2 Å². The Hall–Kier alpha value is -2.38. The maximum Gasteiger partial charge on any atom is 0.393 e. The molecule has 0 saturated carbocycles. The van der Waals surface area contributed by atoms with Gasteiger partial charge < -0.3 is 4.90 Å². The summed E-state index contributed by atoms with van der Waals surface area (Å²) < 4.78 is 37.6. The summed E-state index contributed by atoms with van der Waals surface area (Å²) in [4.78, 5) is 41.1. The molecule has 0 bridgehead atoms. The molecule has 0 aliphatic carbocycles. The second-order valence-electron chi connectivity index (χ2n) is 9.55. The molecule has 2 fully saturated rings. The molecule has 5 nitrogen and oxygen atoms in total. The molecule has 3 rings (SSSR count). The van der Waals surface area contributed by atoms with E-state index in [9.17, 15) is 27.6 Å². The van der Waals surface area contributed by atoms with Crippen LogP contribution in [0.15, 0.2) is 24.3 Å². The Labute approximate surface area is 174 Å². The van der Waals surface area contributed by atoms with E-state index >= 15 is 0 Å². The second-order valence-corrected chi connectivity index (χ2v) is 9.55. The Morgan fingerprint density at radius 2 is 1.63 bits per heavy atom. The first-order chi connectivity index (χ1) is 13.8. The highest BCUT2D eigenvalue weighted by Gasteiger charge is 2.52. The number of rotatable bonds is 3. The van der Waals surface area contributed by atoms with Gasteiger partial charge in [-0.25, -0.2) is 0 Å². The van der Waals surface area contributed by atoms with E-state index in [2.05, 4.69) is 0 Å². The molecule has 30 heavy (non-hydrogen) atoms. The fourth-order valence-electron chi connectivity index (χ4n) is 4.22. The molecular formula is C22H27F3N2O3. The molecule has 3 amide bonds. The Morgan fingerprint density at radius 1 is 1.03 bits per heavy atom. The fraction of sp³-hybridized carbons (Fsp3) is 0.591. The fourth-order valence-corrected chi connectivity index (χ4v) is 4.22. The lowest BCUT2D eigenvalue weighted by Crippen LogP contribution is -2.50. The van der Waals surface area contributed by atoms with Crippen molar-refractivity contribution in [1.29, 1.82) is 0 Å². The van der Waals surface area contributed by atoms with Gasteiger partial charge in [-0.05, 0) is 36.0 Å². The minimum atomic E-state index is -4.28. The van der Waals surface area contributed by atoms with Crippen molar-refractivity contribution in [1.82, 2.24) is 4.90 Å². The van der Waals surface area contributed by atoms with Crippen LogP contribution in [-0.2, 0) is 20.8 Å². The van der Waals surface area contributed by atoms with Gasteiger partial charge in [-0.15, -0.1) is 0 Å². The smallest absolute Gasteiger partial charge is 0.312 e. The summed E-state index contributed by atoms with van der Waals surface area (Å²) in [5.41, 5.74) is -0.403. The van der Waals surface area contributed by atoms with E-state index in [1.807, 2.05) is 20.8 Å². The van der Waals surface area contributed by atoms with Crippen LogP contribution in [0.3, 0.4) is 0 Å². The number of anilines is 1. The van der Waals surface area contributed by atoms with E-state index in [0.29, 0.717) is 25.1 Å². The number of imide groups is 1. The van der Waals surface area contributed by atoms with Gasteiger partial charge in [0.05, 0.1) is 11.8 Å². The minimum Gasteiger partial charge on any atom is -0.312 e. The number of halogens is 3. The van der Waals surface area contributed by atoms with Crippen LogP contribution in [0.1, 0.15) is 52.0 Å². The predicted octanol–water partition coefficient (Wildman–Crippen LogP) is 4.10. The molecule has 2 heterocycles. The molecular weight excluding hydrogens is 397 g/mol. The quantitative estimate of drug-likeness (QED) is 0.734. The highest BCUT2D eigenvalue weighted by molar-refractivity contribution is 6.05. The van der Waals surface area contributed by atoms with Crippen molar-refractivity contribution in [3.63, 3.8) is 0 Å². The molecule has 1 aromatic rings. The summed E-state index contributed by atoms with van der Waals surface area (Å²) in [5, 5.41) is 0. The molecule has 2 aliphatic heterocycles. The monoisotopic (exact) mass is 424 g/mol. The standard InChI is InChI=1S/C22H27F3N2O3/c1-20(2,3)13-17(28)27-11-9-21(14-18(27)29)8-10-26(19(21)30)16-6-4-15(5-7-16)12-22(23,24)25/h4-7H,8-14H2,1-3H3. The van der Waals surface area contributed by atoms with E-state index in [1.165, 1.54) is 34.1 Å². The number of amides is 3. The van der Waals surface area contributed by atoms with Gasteiger partial charge in [0.25, 0.3) is 0 Å². The van der Waals surface area contributed by atoms with Crippen LogP contribution in [0.25, 0.3) is 0 Å². The molecule has 2 aliphatic rings. The third-order valence-electron chi connectivity index (χ3n) is 5.75. The zero-order chi connectivity index (χ0) is 22.3. The van der Waals surface area contributed by atoms with Gasteiger partial charge in [0.15, 0.2) is 0 Å². The molecule has 1 spiro atoms. The molecule has 0 aromatic heterocycles. The average molecular weight is 424 g/mol. The summed E-state index contributed by atoms with van der Waals surface area (Å²) in [6.45, 7) is 6.41. The highest BCUT2D eigenvalue weighted by Crippen LogP contribution is 2.44. The number of hydrogen-bond acceptors (Lipinski definition) is 3. The van der Waals surface area contributed by atoms with Gasteiger partial charge in [0, 0.05) is 31.6 Å². The Balaban J connectivity index is 1.68. The van der Waals surface area contributed by atoms with Crippen molar-refractivity contribution < 1.29 is 27.6 Å². The molecule has 0 radical (unpaired) electrons. The van der Waals surface area contributed by atoms with Crippen molar-refractivity contribution in [3.8, 4) is 0 Å². The summed E-state index contributed by atoms with van der Waals surface area (Å²) in [6.07, 6.45) is -4.15. The molecule has 1 atom stereocenters. The van der Waals surface area contributed by atoms with Crippen LogP contribution in [0, 0.1) is 10.8 Å². The van der Waals surface area contributed by atoms with Crippen molar-refractivity contribution >= 4 is 23.4 Å². The van der Waals surface area contributed by atoms with E-state index in [0.717, 1.165) is 0 Å². The highest BCUT2D eigenvalue weighted by atomic mass is 19.4. The van der Waals surface area contributed by atoms with Crippen LogP contribution >= 0.6 is 0 Å². The lowest BCUT2D eigenvalue weighted by atomic mass is 9.76. The van der Waals surface area contributed by atoms with E-state index in [1.54, 1.807) is 0 Å². The number of likely N-dealkylation sites (tertiary alicyclic amines) is 1. The van der Waals surface area contributed by atoms with Crippen molar-refractivity contribution in [2.24, 2.45) is 10.8 Å². The van der Waals surface area contributed by atoms with Gasteiger partial charge >= 0.3 is 6.18 Å². The third kappa shape index (κ3) is 4.84. The first-order valence-corrected chi connectivity index (χ1v) is 10.1. The molecule has 0 N–H and O–H groups in total. The van der Waals surface area contributed by atoms with Crippen LogP contribution in [0.4, 0.5) is 18.9 Å². The Kier molecular flexibility index (Phi) is 5.73. The largest absolute Gasteiger partial charge is 0.393 e. The summed E-state index contributed by atoms with van der Waals surface area (Å²) in [6, 6.07) is 5.78. The van der Waals surface area contributed by atoms with E-state index in [-0.39, 0.29) is 48.1 Å². The topological polar surface area (TPSA) is 57.7 Å². The summed E-state index contributed by atoms with van der Waals surface area (Å²) in [7, 11) is 0. The van der Waals surface area contributed by atoms with E-state index in [4.69, 9.17) is 0 Å². The van der Waals surface area contributed by atoms with Crippen LogP contribution in [-0.4, -0.2) is 41.9 Å². The van der Waals surface area contributed by atoms with Gasteiger partial charge in [0.2, 0.25) is 17.7 Å². The Bertz CT molecular complexity index is 843. The predicted molar refractivity (Wildman–Crippen MR) is 106 cm³/mol. The van der Waals surface area contributed by atoms with E-state index < -0.39 is 18.0 Å². The maximum absolute atomic E-state index is 13.1. The molecule has 164 valence electrons. The summed E-state index contributed by atoms with van der Waals surface area (Å²) >= 11 is 0. The molecule has 1 unspecified atom stereocenters. The van der Waals surface area contributed by atoms with Crippen molar-refractivity contribution in [2.45, 2.75) is 59.1 Å². The lowest BCUT2D eigenvalue weighted by molar-refractivity contribution is -0.153. The third-order valence-corrected chi connectivity index (χ3v) is 5.75. The lowest BCUT2D eigenvalue weighted by Gasteiger charge is -2.37. The first-order valence-electron chi connectivity index (χ1n) is 10.1. The molecule has 2 saturated heterocycles. The zero-order valence-electron chi connectivity index (χ0n) is 17.5. The SMILES string of the molecule is CC(C)(C)CC(=O)N1CCC2(CCN(c3ccc(CC(F)(F)F)cc3)C2=O)CC1=O. The second kappa shape index (κ2) is 7.71. The summed E-state index contributed by atoms with van der Waals surface area (Å²) in [5.74, 6) is -0.738. The van der Waals surface area contributed by atoms with Gasteiger partial charge in [0.1, 0.15) is 0 Å². The zero-order valence-corrected chi connectivity index (χ0v) is 17.5. The number of nitrogens with zero attached hydrogens (tertiary/aromatic N) is 2. The minimum absolute atomic E-state index is 0.00955.